The van der Waals surface area contributed by atoms with E-state index in [1.54, 1.807) is 0 Å². The Balaban J connectivity index is 1.27. The fraction of sp³-hybridized carbons (Fsp3) is 0.235. The van der Waals surface area contributed by atoms with Crippen LogP contribution in [0.4, 0.5) is 0 Å². The van der Waals surface area contributed by atoms with E-state index in [9.17, 15) is 19.2 Å². The van der Waals surface area contributed by atoms with Crippen molar-refractivity contribution in [2.45, 2.75) is 51.7 Å². The molecule has 0 unspecified atom stereocenters. The van der Waals surface area contributed by atoms with Crippen LogP contribution in [0.3, 0.4) is 0 Å². The lowest BCUT2D eigenvalue weighted by molar-refractivity contribution is -0.143. The van der Waals surface area contributed by atoms with Gasteiger partial charge >= 0.3 is 23.9 Å². The molecule has 0 radical (unpaired) electrons. The number of ether oxygens (including phenoxy) is 10. The van der Waals surface area contributed by atoms with Gasteiger partial charge in [-0.2, -0.15) is 0 Å². The molecule has 0 atom stereocenters. The highest BCUT2D eigenvalue weighted by Gasteiger charge is 2.25. The van der Waals surface area contributed by atoms with Crippen LogP contribution in [-0.4, -0.2) is 78.7 Å². The molecule has 0 N–H and O–H groups in total. The minimum absolute atomic E-state index is 0.229. The van der Waals surface area contributed by atoms with Crippen LogP contribution in [0.1, 0.15) is 77.9 Å². The Hall–Kier alpha value is -8.60. The Morgan fingerprint density at radius 1 is 0.286 bits per heavy atom. The maximum absolute atomic E-state index is 12.9. The van der Waals surface area contributed by atoms with Crippen molar-refractivity contribution in [3.8, 4) is 34.5 Å². The van der Waals surface area contributed by atoms with Crippen LogP contribution in [0.2, 0.25) is 0 Å². The molecular formula is C68H62Br2O14. The van der Waals surface area contributed by atoms with Gasteiger partial charge in [0.15, 0.2) is 26.4 Å². The Kier molecular flexibility index (Phi) is 20.8. The molecule has 0 fully saturated rings. The molecule has 0 aromatic heterocycles. The van der Waals surface area contributed by atoms with Gasteiger partial charge in [-0.3, -0.25) is 0 Å². The molecular weight excluding hydrogens is 1200 g/mol. The molecule has 0 aliphatic heterocycles. The third-order valence-corrected chi connectivity index (χ3v) is 15.3. The van der Waals surface area contributed by atoms with E-state index in [1.165, 1.54) is 28.4 Å². The number of fused-ring (bicyclic) bond motifs is 12. The molecule has 1 aliphatic rings. The second-order valence-corrected chi connectivity index (χ2v) is 21.6. The van der Waals surface area contributed by atoms with Crippen molar-refractivity contribution in [3.05, 3.63) is 245 Å². The highest BCUT2D eigenvalue weighted by atomic mass is 79.9. The van der Waals surface area contributed by atoms with Gasteiger partial charge in [0, 0.05) is 47.5 Å². The summed E-state index contributed by atoms with van der Waals surface area (Å²) in [5.41, 5.74) is 11.1. The zero-order chi connectivity index (χ0) is 59.0. The Morgan fingerprint density at radius 3 is 0.643 bits per heavy atom. The maximum Gasteiger partial charge on any atom is 0.343 e. The van der Waals surface area contributed by atoms with Crippen molar-refractivity contribution in [3.63, 3.8) is 0 Å². The van der Waals surface area contributed by atoms with E-state index in [-0.39, 0.29) is 52.5 Å². The van der Waals surface area contributed by atoms with E-state index < -0.39 is 23.9 Å². The van der Waals surface area contributed by atoms with Crippen LogP contribution in [0.25, 0.3) is 0 Å². The summed E-state index contributed by atoms with van der Waals surface area (Å²) in [6, 6.07) is 51.2. The summed E-state index contributed by atoms with van der Waals surface area (Å²) < 4.78 is 62.0. The van der Waals surface area contributed by atoms with Crippen molar-refractivity contribution >= 4 is 55.7 Å². The molecule has 84 heavy (non-hydrogen) atoms. The van der Waals surface area contributed by atoms with Crippen molar-refractivity contribution in [2.75, 3.05) is 54.9 Å². The first-order valence-electron chi connectivity index (χ1n) is 27.1. The molecule has 16 heteroatoms. The van der Waals surface area contributed by atoms with Gasteiger partial charge in [-0.15, -0.1) is 0 Å². The van der Waals surface area contributed by atoms with Gasteiger partial charge in [0.25, 0.3) is 0 Å². The average molecular weight is 1260 g/mol. The molecule has 0 saturated carbocycles. The first-order chi connectivity index (χ1) is 40.9. The predicted octanol–water partition coefficient (Wildman–Crippen LogP) is 12.4. The average Bonchev–Trinajstić information content (AvgIpc) is 2.49. The van der Waals surface area contributed by atoms with Gasteiger partial charge in [-0.1, -0.05) is 165 Å². The number of halogens is 2. The summed E-state index contributed by atoms with van der Waals surface area (Å²) in [7, 11) is 5.25. The molecule has 12 bridgehead atoms. The SMILES string of the molecule is COC(=O)COc1c2cccc1Cc1cccc(c1OCc1ccc(Br)cc1)Cc1cccc(c1OCC(=O)OC)Cc1cccc(c1OCC(=O)OC)Cc1cccc(c1OCc1ccc(Br)cc1)Cc1cccc(c1OCC(=O)OC)C2. The monoisotopic (exact) mass is 1260 g/mol. The molecule has 8 aromatic rings. The zero-order valence-corrected chi connectivity index (χ0v) is 50.1. The number of hydrogen-bond acceptors (Lipinski definition) is 14. The molecule has 432 valence electrons. The van der Waals surface area contributed by atoms with Gasteiger partial charge in [0.1, 0.15) is 47.7 Å². The van der Waals surface area contributed by atoms with Gasteiger partial charge in [-0.25, -0.2) is 19.2 Å². The molecule has 0 spiro atoms. The van der Waals surface area contributed by atoms with Crippen molar-refractivity contribution in [1.82, 2.24) is 0 Å². The molecule has 0 heterocycles. The minimum atomic E-state index is -0.565. The number of hydrogen-bond donors (Lipinski definition) is 0. The van der Waals surface area contributed by atoms with Gasteiger partial charge < -0.3 is 47.4 Å². The quantitative estimate of drug-likeness (QED) is 0.0589. The van der Waals surface area contributed by atoms with Crippen LogP contribution >= 0.6 is 31.9 Å². The predicted molar refractivity (Wildman–Crippen MR) is 322 cm³/mol. The van der Waals surface area contributed by atoms with E-state index in [4.69, 9.17) is 47.4 Å². The van der Waals surface area contributed by atoms with Crippen molar-refractivity contribution < 1.29 is 66.5 Å². The molecule has 8 aromatic carbocycles. The van der Waals surface area contributed by atoms with Crippen LogP contribution in [0.5, 0.6) is 34.5 Å². The Bertz CT molecular complexity index is 3220. The smallest absolute Gasteiger partial charge is 0.343 e. The number of carbonyl (C=O) groups is 4. The molecule has 0 amide bonds. The van der Waals surface area contributed by atoms with Gasteiger partial charge in [0.2, 0.25) is 0 Å². The van der Waals surface area contributed by atoms with Crippen molar-refractivity contribution in [1.29, 1.82) is 0 Å². The Labute approximate surface area is 505 Å². The summed E-state index contributed by atoms with van der Waals surface area (Å²) >= 11 is 7.12. The van der Waals surface area contributed by atoms with E-state index in [1.807, 2.05) is 158 Å². The standard InChI is InChI=1S/C68H62Br2O14/c1-75-59(71)39-81-65-49-15-7-19-53(65)35-54-20-8-16-50(66(54)82-40-60(72)76-2)33-47-13-6-14-48(64(47)80-38-44-25-29-58(70)30-26-44)34-52-18-10-22-56(68(52)84-42-62(74)78-4)36-55-21-9-17-51(67(55)83-41-61(73)77-3)32-46-12-5-11-45(31-49)63(46)79-37-43-23-27-57(69)28-24-43/h5-30H,31-42H2,1-4H3. The second kappa shape index (κ2) is 29.1. The fourth-order valence-corrected chi connectivity index (χ4v) is 10.6. The van der Waals surface area contributed by atoms with Crippen LogP contribution in [-0.2, 0) is 89.9 Å². The fourth-order valence-electron chi connectivity index (χ4n) is 10.1. The van der Waals surface area contributed by atoms with Crippen LogP contribution < -0.4 is 28.4 Å². The summed E-state index contributed by atoms with van der Waals surface area (Å²) in [5.74, 6) is 0.829. The summed E-state index contributed by atoms with van der Waals surface area (Å²) in [6.45, 7) is -1.02. The minimum Gasteiger partial charge on any atom is -0.488 e. The van der Waals surface area contributed by atoms with Crippen molar-refractivity contribution in [2.24, 2.45) is 0 Å². The molecule has 14 nitrogen and oxygen atoms in total. The second-order valence-electron chi connectivity index (χ2n) is 19.8. The zero-order valence-electron chi connectivity index (χ0n) is 47.0. The lowest BCUT2D eigenvalue weighted by Crippen LogP contribution is -2.16. The number of carbonyl (C=O) groups excluding carboxylic acids is 4. The van der Waals surface area contributed by atoms with E-state index >= 15 is 0 Å². The van der Waals surface area contributed by atoms with Gasteiger partial charge in [-0.05, 0) is 102 Å². The normalized spacial score (nSPS) is 11.9. The molecule has 0 saturated heterocycles. The first kappa shape index (κ1) is 60.0. The number of methoxy groups -OCH3 is 4. The largest absolute Gasteiger partial charge is 0.488 e. The molecule has 9 rings (SSSR count). The topological polar surface area (TPSA) is 161 Å². The number of rotatable bonds is 18. The van der Waals surface area contributed by atoms with E-state index in [0.717, 1.165) is 86.8 Å². The van der Waals surface area contributed by atoms with Crippen LogP contribution in [0.15, 0.2) is 167 Å². The third kappa shape index (κ3) is 15.5. The Morgan fingerprint density at radius 2 is 0.464 bits per heavy atom. The molecule has 1 aliphatic carbocycles. The van der Waals surface area contributed by atoms with E-state index in [2.05, 4.69) is 31.9 Å². The summed E-state index contributed by atoms with van der Waals surface area (Å²) in [4.78, 5) is 51.7. The summed E-state index contributed by atoms with van der Waals surface area (Å²) in [6.07, 6.45) is 1.71. The van der Waals surface area contributed by atoms with Crippen LogP contribution in [0, 0.1) is 0 Å². The number of esters is 4. The number of para-hydroxylation sites is 6. The number of benzene rings is 8. The maximum atomic E-state index is 12.9. The first-order valence-corrected chi connectivity index (χ1v) is 28.7. The third-order valence-electron chi connectivity index (χ3n) is 14.2. The lowest BCUT2D eigenvalue weighted by Gasteiger charge is -2.22. The summed E-state index contributed by atoms with van der Waals surface area (Å²) in [5, 5.41) is 0. The highest BCUT2D eigenvalue weighted by molar-refractivity contribution is 9.10. The highest BCUT2D eigenvalue weighted by Crippen LogP contribution is 2.41. The lowest BCUT2D eigenvalue weighted by atomic mass is 9.91. The van der Waals surface area contributed by atoms with Gasteiger partial charge in [0.05, 0.1) is 28.4 Å². The van der Waals surface area contributed by atoms with E-state index in [0.29, 0.717) is 60.2 Å².